The Bertz CT molecular complexity index is 445. The second kappa shape index (κ2) is 6.14. The largest absolute Gasteiger partial charge is 0.450 e. The van der Waals surface area contributed by atoms with E-state index in [4.69, 9.17) is 4.74 Å². The smallest absolute Gasteiger partial charge is 0.407 e. The Kier molecular flexibility index (Phi) is 4.27. The van der Waals surface area contributed by atoms with E-state index < -0.39 is 0 Å². The topological polar surface area (TPSA) is 41.6 Å². The number of piperidine rings is 1. The van der Waals surface area contributed by atoms with Crippen LogP contribution in [0.3, 0.4) is 0 Å². The van der Waals surface area contributed by atoms with Crippen LogP contribution in [0.1, 0.15) is 37.0 Å². The zero-order valence-electron chi connectivity index (χ0n) is 11.9. The van der Waals surface area contributed by atoms with E-state index in [-0.39, 0.29) is 12.1 Å². The molecule has 0 bridgehead atoms. The van der Waals surface area contributed by atoms with Crippen molar-refractivity contribution in [2.45, 2.75) is 44.2 Å². The predicted molar refractivity (Wildman–Crippen MR) is 80.2 cm³/mol. The lowest BCUT2D eigenvalue weighted by molar-refractivity contribution is 0.127. The molecule has 1 aromatic rings. The van der Waals surface area contributed by atoms with Crippen LogP contribution in [-0.4, -0.2) is 42.8 Å². The maximum Gasteiger partial charge on any atom is 0.407 e. The number of thiophene rings is 1. The first-order chi connectivity index (χ1) is 9.76. The summed E-state index contributed by atoms with van der Waals surface area (Å²) in [5.41, 5.74) is 0. The van der Waals surface area contributed by atoms with Crippen LogP contribution < -0.4 is 5.32 Å². The van der Waals surface area contributed by atoms with Gasteiger partial charge in [-0.2, -0.15) is 0 Å². The van der Waals surface area contributed by atoms with E-state index >= 15 is 0 Å². The lowest BCUT2D eigenvalue weighted by Crippen LogP contribution is -2.50. The minimum atomic E-state index is -0.278. The highest BCUT2D eigenvalue weighted by Crippen LogP contribution is 2.36. The first kappa shape index (κ1) is 13.9. The van der Waals surface area contributed by atoms with Gasteiger partial charge in [0.1, 0.15) is 0 Å². The van der Waals surface area contributed by atoms with Gasteiger partial charge in [0.15, 0.2) is 0 Å². The molecule has 2 aliphatic rings. The fourth-order valence-corrected chi connectivity index (χ4v) is 3.88. The van der Waals surface area contributed by atoms with E-state index in [1.165, 1.54) is 17.7 Å². The number of alkyl carbamates (subject to hydrolysis) is 1. The number of carbonyl (C=O) groups is 1. The highest BCUT2D eigenvalue weighted by molar-refractivity contribution is 7.10. The van der Waals surface area contributed by atoms with E-state index in [1.807, 2.05) is 18.3 Å². The number of nitrogens with zero attached hydrogens (tertiary/aromatic N) is 1. The van der Waals surface area contributed by atoms with Crippen LogP contribution in [0, 0.1) is 0 Å². The molecular formula is C15H22N2O2S. The number of amides is 1. The maximum atomic E-state index is 11.6. The molecule has 2 fully saturated rings. The second-order valence-electron chi connectivity index (χ2n) is 5.69. The van der Waals surface area contributed by atoms with Crippen molar-refractivity contribution in [3.05, 3.63) is 22.4 Å². The summed E-state index contributed by atoms with van der Waals surface area (Å²) < 4.78 is 5.02. The average molecular weight is 294 g/mol. The summed E-state index contributed by atoms with van der Waals surface area (Å²) in [6.07, 6.45) is 3.36. The molecule has 1 aromatic heterocycles. The minimum Gasteiger partial charge on any atom is -0.450 e. The molecule has 1 aliphatic heterocycles. The number of likely N-dealkylation sites (tertiary alicyclic amines) is 1. The number of rotatable bonds is 4. The van der Waals surface area contributed by atoms with Crippen molar-refractivity contribution >= 4 is 17.4 Å². The van der Waals surface area contributed by atoms with Crippen LogP contribution in [0.5, 0.6) is 0 Å². The van der Waals surface area contributed by atoms with Crippen LogP contribution in [0.15, 0.2) is 17.5 Å². The van der Waals surface area contributed by atoms with Gasteiger partial charge in [0.2, 0.25) is 0 Å². The molecule has 1 aliphatic carbocycles. The van der Waals surface area contributed by atoms with Crippen molar-refractivity contribution in [1.82, 2.24) is 10.2 Å². The quantitative estimate of drug-likeness (QED) is 0.928. The monoisotopic (exact) mass is 294 g/mol. The highest BCUT2D eigenvalue weighted by atomic mass is 32.1. The van der Waals surface area contributed by atoms with Crippen molar-refractivity contribution in [3.8, 4) is 0 Å². The fraction of sp³-hybridized carbons (Fsp3) is 0.667. The Morgan fingerprint density at radius 3 is 3.00 bits per heavy atom. The van der Waals surface area contributed by atoms with Gasteiger partial charge in [-0.25, -0.2) is 4.79 Å². The average Bonchev–Trinajstić information content (AvgIpc) is 3.13. The number of carbonyl (C=O) groups excluding carboxylic acids is 1. The molecule has 1 amide bonds. The van der Waals surface area contributed by atoms with E-state index in [9.17, 15) is 4.79 Å². The Labute approximate surface area is 124 Å². The number of ether oxygens (including phenoxy) is 1. The van der Waals surface area contributed by atoms with Gasteiger partial charge < -0.3 is 10.1 Å². The van der Waals surface area contributed by atoms with Crippen molar-refractivity contribution in [2.75, 3.05) is 19.7 Å². The van der Waals surface area contributed by atoms with E-state index in [1.54, 1.807) is 0 Å². The van der Waals surface area contributed by atoms with Crippen molar-refractivity contribution in [1.29, 1.82) is 0 Å². The van der Waals surface area contributed by atoms with Crippen molar-refractivity contribution in [3.63, 3.8) is 0 Å². The Morgan fingerprint density at radius 1 is 1.50 bits per heavy atom. The second-order valence-corrected chi connectivity index (χ2v) is 6.67. The highest BCUT2D eigenvalue weighted by Gasteiger charge is 2.37. The van der Waals surface area contributed by atoms with Crippen LogP contribution in [0.25, 0.3) is 0 Å². The summed E-state index contributed by atoms with van der Waals surface area (Å²) in [5.74, 6) is 0.538. The number of hydrogen-bond acceptors (Lipinski definition) is 4. The van der Waals surface area contributed by atoms with Gasteiger partial charge in [-0.3, -0.25) is 4.90 Å². The van der Waals surface area contributed by atoms with Gasteiger partial charge in [-0.1, -0.05) is 6.07 Å². The Balaban J connectivity index is 1.65. The number of nitrogens with one attached hydrogen (secondary N) is 1. The molecule has 2 unspecified atom stereocenters. The molecule has 20 heavy (non-hydrogen) atoms. The zero-order valence-corrected chi connectivity index (χ0v) is 12.7. The lowest BCUT2D eigenvalue weighted by atomic mass is 9.92. The summed E-state index contributed by atoms with van der Waals surface area (Å²) in [6.45, 7) is 4.36. The van der Waals surface area contributed by atoms with E-state index in [0.29, 0.717) is 12.5 Å². The van der Waals surface area contributed by atoms with Gasteiger partial charge in [0, 0.05) is 36.0 Å². The summed E-state index contributed by atoms with van der Waals surface area (Å²) >= 11 is 1.82. The normalized spacial score (nSPS) is 27.2. The molecule has 3 rings (SSSR count). The van der Waals surface area contributed by atoms with Crippen LogP contribution >= 0.6 is 11.3 Å². The molecule has 1 saturated heterocycles. The van der Waals surface area contributed by atoms with Crippen molar-refractivity contribution in [2.24, 2.45) is 0 Å². The molecule has 110 valence electrons. The molecule has 0 radical (unpaired) electrons. The van der Waals surface area contributed by atoms with Gasteiger partial charge in [-0.15, -0.1) is 11.3 Å². The molecule has 1 N–H and O–H groups in total. The fourth-order valence-electron chi connectivity index (χ4n) is 3.04. The first-order valence-corrected chi connectivity index (χ1v) is 8.35. The van der Waals surface area contributed by atoms with Gasteiger partial charge in [0.25, 0.3) is 0 Å². The predicted octanol–water partition coefficient (Wildman–Crippen LogP) is 2.81. The molecule has 1 saturated carbocycles. The molecule has 0 spiro atoms. The van der Waals surface area contributed by atoms with Crippen LogP contribution in [0.2, 0.25) is 0 Å². The summed E-state index contributed by atoms with van der Waals surface area (Å²) in [6, 6.07) is 5.27. The number of hydrogen-bond donors (Lipinski definition) is 1. The molecule has 2 atom stereocenters. The maximum absolute atomic E-state index is 11.6. The third-order valence-corrected chi connectivity index (χ3v) is 5.12. The molecular weight excluding hydrogens is 272 g/mol. The summed E-state index contributed by atoms with van der Waals surface area (Å²) in [7, 11) is 0. The molecule has 2 heterocycles. The summed E-state index contributed by atoms with van der Waals surface area (Å²) in [4.78, 5) is 15.6. The standard InChI is InChI=1S/C15H22N2O2S/c1-2-19-15(18)16-12-8-11(14-4-3-7-20-14)9-17(10-12)13-5-6-13/h3-4,7,11-13H,2,5-6,8-10H2,1H3,(H,16,18). The Morgan fingerprint density at radius 2 is 2.35 bits per heavy atom. The Hall–Kier alpha value is -1.07. The first-order valence-electron chi connectivity index (χ1n) is 7.47. The molecule has 0 aromatic carbocycles. The van der Waals surface area contributed by atoms with Crippen LogP contribution in [-0.2, 0) is 4.74 Å². The van der Waals surface area contributed by atoms with Gasteiger partial charge in [0.05, 0.1) is 6.61 Å². The SMILES string of the molecule is CCOC(=O)NC1CC(c2cccs2)CN(C2CC2)C1. The van der Waals surface area contributed by atoms with Crippen LogP contribution in [0.4, 0.5) is 4.79 Å². The lowest BCUT2D eigenvalue weighted by Gasteiger charge is -2.37. The zero-order chi connectivity index (χ0) is 13.9. The molecule has 4 nitrogen and oxygen atoms in total. The van der Waals surface area contributed by atoms with Crippen molar-refractivity contribution < 1.29 is 9.53 Å². The third-order valence-electron chi connectivity index (χ3n) is 4.09. The van der Waals surface area contributed by atoms with Gasteiger partial charge >= 0.3 is 6.09 Å². The van der Waals surface area contributed by atoms with E-state index in [0.717, 1.165) is 25.6 Å². The third kappa shape index (κ3) is 3.33. The summed E-state index contributed by atoms with van der Waals surface area (Å²) in [5, 5.41) is 5.16. The van der Waals surface area contributed by atoms with E-state index in [2.05, 4.69) is 27.7 Å². The van der Waals surface area contributed by atoms with Gasteiger partial charge in [-0.05, 0) is 37.6 Å². The molecule has 5 heteroatoms. The minimum absolute atomic E-state index is 0.204.